The first-order valence-corrected chi connectivity index (χ1v) is 8.96. The van der Waals surface area contributed by atoms with Gasteiger partial charge in [0.2, 0.25) is 0 Å². The molecule has 0 aliphatic rings. The molecule has 0 aliphatic carbocycles. The van der Waals surface area contributed by atoms with Crippen LogP contribution < -0.4 is 10.1 Å². The number of ether oxygens (including phenoxy) is 1. The van der Waals surface area contributed by atoms with Gasteiger partial charge in [0.15, 0.2) is 11.7 Å². The number of anilines is 1. The fourth-order valence-corrected chi connectivity index (χ4v) is 3.26. The molecule has 4 nitrogen and oxygen atoms in total. The molecule has 6 heteroatoms. The van der Waals surface area contributed by atoms with Crippen molar-refractivity contribution in [1.29, 1.82) is 0 Å². The van der Waals surface area contributed by atoms with Gasteiger partial charge < -0.3 is 4.74 Å². The number of rotatable bonds is 6. The number of nitrogens with zero attached hydrogens (tertiary/aromatic N) is 1. The third-order valence-corrected chi connectivity index (χ3v) is 4.61. The van der Waals surface area contributed by atoms with Gasteiger partial charge in [0, 0.05) is 22.5 Å². The van der Waals surface area contributed by atoms with Crippen LogP contribution in [0.4, 0.5) is 5.13 Å². The minimum absolute atomic E-state index is 0.0901. The fourth-order valence-electron chi connectivity index (χ4n) is 2.22. The van der Waals surface area contributed by atoms with Crippen LogP contribution >= 0.6 is 22.9 Å². The summed E-state index contributed by atoms with van der Waals surface area (Å²) in [5.41, 5.74) is 2.46. The Morgan fingerprint density at radius 2 is 2.04 bits per heavy atom. The molecule has 1 N–H and O–H groups in total. The lowest BCUT2D eigenvalue weighted by Crippen LogP contribution is -2.19. The molecular weight excluding hydrogens is 356 g/mol. The molecule has 3 rings (SSSR count). The second-order valence-corrected chi connectivity index (χ2v) is 7.14. The Hall–Kier alpha value is -2.37. The van der Waals surface area contributed by atoms with E-state index in [0.717, 1.165) is 11.3 Å². The van der Waals surface area contributed by atoms with Crippen molar-refractivity contribution in [3.63, 3.8) is 0 Å². The van der Waals surface area contributed by atoms with E-state index in [-0.39, 0.29) is 12.5 Å². The lowest BCUT2D eigenvalue weighted by atomic mass is 10.1. The molecule has 1 amide bonds. The maximum Gasteiger partial charge on any atom is 0.264 e. The van der Waals surface area contributed by atoms with Crippen molar-refractivity contribution in [3.8, 4) is 5.75 Å². The number of thiazole rings is 1. The fraction of sp³-hybridized carbons (Fsp3) is 0.158. The molecule has 0 saturated carbocycles. The topological polar surface area (TPSA) is 51.2 Å². The van der Waals surface area contributed by atoms with Crippen LogP contribution in [0, 0.1) is 6.92 Å². The van der Waals surface area contributed by atoms with Gasteiger partial charge in [-0.25, -0.2) is 4.98 Å². The Morgan fingerprint density at radius 3 is 2.80 bits per heavy atom. The number of hydrogen-bond donors (Lipinski definition) is 1. The van der Waals surface area contributed by atoms with E-state index in [1.54, 1.807) is 30.5 Å². The molecule has 0 spiro atoms. The van der Waals surface area contributed by atoms with Crippen molar-refractivity contribution in [2.24, 2.45) is 0 Å². The van der Waals surface area contributed by atoms with Gasteiger partial charge in [-0.1, -0.05) is 47.5 Å². The predicted molar refractivity (Wildman–Crippen MR) is 102 cm³/mol. The standard InChI is InChI=1S/C19H17ClN2O2S/c1-13-5-7-14(8-6-13)9-17-11-21-19(25-17)22-18(23)12-24-16-4-2-3-15(20)10-16/h2-8,10-11H,9,12H2,1H3,(H,21,22,23). The van der Waals surface area contributed by atoms with E-state index in [1.807, 2.05) is 0 Å². The van der Waals surface area contributed by atoms with Gasteiger partial charge in [-0.2, -0.15) is 0 Å². The van der Waals surface area contributed by atoms with Gasteiger partial charge in [0.1, 0.15) is 5.75 Å². The normalized spacial score (nSPS) is 10.5. The smallest absolute Gasteiger partial charge is 0.264 e. The number of aromatic nitrogens is 1. The summed E-state index contributed by atoms with van der Waals surface area (Å²) in [5, 5.41) is 3.89. The van der Waals surface area contributed by atoms with Crippen LogP contribution in [-0.4, -0.2) is 17.5 Å². The number of benzene rings is 2. The lowest BCUT2D eigenvalue weighted by Gasteiger charge is -2.05. The lowest BCUT2D eigenvalue weighted by molar-refractivity contribution is -0.118. The van der Waals surface area contributed by atoms with Gasteiger partial charge in [-0.3, -0.25) is 10.1 Å². The van der Waals surface area contributed by atoms with E-state index in [4.69, 9.17) is 16.3 Å². The zero-order valence-electron chi connectivity index (χ0n) is 13.7. The van der Waals surface area contributed by atoms with Crippen LogP contribution in [0.1, 0.15) is 16.0 Å². The van der Waals surface area contributed by atoms with Crippen molar-refractivity contribution in [3.05, 3.63) is 75.8 Å². The van der Waals surface area contributed by atoms with E-state index in [1.165, 1.54) is 22.5 Å². The third-order valence-electron chi connectivity index (χ3n) is 3.46. The highest BCUT2D eigenvalue weighted by Gasteiger charge is 2.08. The zero-order valence-corrected chi connectivity index (χ0v) is 15.2. The van der Waals surface area contributed by atoms with E-state index in [0.29, 0.717) is 15.9 Å². The summed E-state index contributed by atoms with van der Waals surface area (Å²) in [7, 11) is 0. The number of hydrogen-bond acceptors (Lipinski definition) is 4. The first-order valence-electron chi connectivity index (χ1n) is 7.77. The molecular formula is C19H17ClN2O2S. The monoisotopic (exact) mass is 372 g/mol. The highest BCUT2D eigenvalue weighted by Crippen LogP contribution is 2.22. The number of carbonyl (C=O) groups is 1. The van der Waals surface area contributed by atoms with Crippen molar-refractivity contribution in [2.75, 3.05) is 11.9 Å². The molecule has 0 radical (unpaired) electrons. The van der Waals surface area contributed by atoms with Crippen molar-refractivity contribution in [1.82, 2.24) is 4.98 Å². The first-order chi connectivity index (χ1) is 12.1. The summed E-state index contributed by atoms with van der Waals surface area (Å²) in [6.45, 7) is 1.97. The molecule has 1 heterocycles. The Balaban J connectivity index is 1.52. The van der Waals surface area contributed by atoms with E-state index in [2.05, 4.69) is 41.5 Å². The minimum atomic E-state index is -0.254. The van der Waals surface area contributed by atoms with Gasteiger partial charge >= 0.3 is 0 Å². The maximum absolute atomic E-state index is 12.0. The third kappa shape index (κ3) is 5.31. The van der Waals surface area contributed by atoms with Crippen LogP contribution in [-0.2, 0) is 11.2 Å². The van der Waals surface area contributed by atoms with Crippen molar-refractivity contribution >= 4 is 34.0 Å². The molecule has 0 fully saturated rings. The number of amides is 1. The van der Waals surface area contributed by atoms with Crippen LogP contribution in [0.15, 0.2) is 54.7 Å². The van der Waals surface area contributed by atoms with Gasteiger partial charge in [0.25, 0.3) is 5.91 Å². The van der Waals surface area contributed by atoms with Crippen molar-refractivity contribution in [2.45, 2.75) is 13.3 Å². The molecule has 0 unspecified atom stereocenters. The summed E-state index contributed by atoms with van der Waals surface area (Å²) >= 11 is 7.34. The second kappa shape index (κ2) is 8.14. The molecule has 0 saturated heterocycles. The Bertz CT molecular complexity index is 862. The number of halogens is 1. The molecule has 128 valence electrons. The summed E-state index contributed by atoms with van der Waals surface area (Å²) in [4.78, 5) is 17.3. The van der Waals surface area contributed by atoms with Crippen LogP contribution in [0.3, 0.4) is 0 Å². The van der Waals surface area contributed by atoms with E-state index < -0.39 is 0 Å². The summed E-state index contributed by atoms with van der Waals surface area (Å²) in [6, 6.07) is 15.3. The Kier molecular flexibility index (Phi) is 5.68. The largest absolute Gasteiger partial charge is 0.484 e. The van der Waals surface area contributed by atoms with Crippen LogP contribution in [0.5, 0.6) is 5.75 Å². The number of nitrogens with one attached hydrogen (secondary N) is 1. The quantitative estimate of drug-likeness (QED) is 0.681. The highest BCUT2D eigenvalue weighted by atomic mass is 35.5. The maximum atomic E-state index is 12.0. The van der Waals surface area contributed by atoms with Crippen molar-refractivity contribution < 1.29 is 9.53 Å². The SMILES string of the molecule is Cc1ccc(Cc2cnc(NC(=O)COc3cccc(Cl)c3)s2)cc1. The van der Waals surface area contributed by atoms with Gasteiger partial charge in [-0.15, -0.1) is 11.3 Å². The molecule has 1 aromatic heterocycles. The average molecular weight is 373 g/mol. The zero-order chi connectivity index (χ0) is 17.6. The molecule has 0 aliphatic heterocycles. The molecule has 0 atom stereocenters. The Labute approximate surface area is 155 Å². The molecule has 2 aromatic carbocycles. The summed E-state index contributed by atoms with van der Waals surface area (Å²) in [6.07, 6.45) is 2.59. The van der Waals surface area contributed by atoms with Crippen LogP contribution in [0.25, 0.3) is 0 Å². The predicted octanol–water partition coefficient (Wildman–Crippen LogP) is 4.71. The second-order valence-electron chi connectivity index (χ2n) is 5.59. The van der Waals surface area contributed by atoms with E-state index in [9.17, 15) is 4.79 Å². The highest BCUT2D eigenvalue weighted by molar-refractivity contribution is 7.15. The van der Waals surface area contributed by atoms with E-state index >= 15 is 0 Å². The Morgan fingerprint density at radius 1 is 1.24 bits per heavy atom. The number of aryl methyl sites for hydroxylation is 1. The molecule has 0 bridgehead atoms. The summed E-state index contributed by atoms with van der Waals surface area (Å²) < 4.78 is 5.41. The molecule has 3 aromatic rings. The van der Waals surface area contributed by atoms with Gasteiger partial charge in [0.05, 0.1) is 0 Å². The number of carbonyl (C=O) groups excluding carboxylic acids is 1. The minimum Gasteiger partial charge on any atom is -0.484 e. The first kappa shape index (κ1) is 17.5. The van der Waals surface area contributed by atoms with Gasteiger partial charge in [-0.05, 0) is 30.7 Å². The van der Waals surface area contributed by atoms with Crippen LogP contribution in [0.2, 0.25) is 5.02 Å². The average Bonchev–Trinajstić information content (AvgIpc) is 3.02. The molecule has 25 heavy (non-hydrogen) atoms. The summed E-state index contributed by atoms with van der Waals surface area (Å²) in [5.74, 6) is 0.304.